The standard InChI is InChI=1S/2C18H16N2O4/c2*1-10-15(20-8-4-3-5-14(20)17(10)24-2)16(21)11-6-7-13(19)12(9-11)18(22)23/h2*3-9H,19H2,1-2H3,(H,22,23). The number of hydrogen-bond acceptors (Lipinski definition) is 8. The van der Waals surface area contributed by atoms with Crippen molar-refractivity contribution in [3.8, 4) is 11.5 Å². The highest BCUT2D eigenvalue weighted by molar-refractivity contribution is 6.12. The molecule has 0 spiro atoms. The molecule has 0 aliphatic heterocycles. The van der Waals surface area contributed by atoms with Crippen LogP contribution in [0, 0.1) is 13.8 Å². The maximum Gasteiger partial charge on any atom is 0.337 e. The number of carbonyl (C=O) groups is 4. The summed E-state index contributed by atoms with van der Waals surface area (Å²) in [7, 11) is 3.10. The molecule has 0 aliphatic carbocycles. The van der Waals surface area contributed by atoms with Gasteiger partial charge in [-0.25, -0.2) is 9.59 Å². The number of carboxylic acid groups (broad SMARTS) is 2. The maximum atomic E-state index is 13.0. The molecule has 6 aromatic rings. The van der Waals surface area contributed by atoms with Crippen molar-refractivity contribution in [1.29, 1.82) is 0 Å². The first-order chi connectivity index (χ1) is 22.9. The molecule has 0 bridgehead atoms. The van der Waals surface area contributed by atoms with E-state index in [0.29, 0.717) is 34.0 Å². The van der Waals surface area contributed by atoms with Crippen molar-refractivity contribution in [3.05, 3.63) is 130 Å². The zero-order valence-corrected chi connectivity index (χ0v) is 26.5. The number of aromatic nitrogens is 2. The molecule has 6 N–H and O–H groups in total. The number of carbonyl (C=O) groups excluding carboxylic acids is 2. The minimum absolute atomic E-state index is 0.0914. The summed E-state index contributed by atoms with van der Waals surface area (Å²) in [6.45, 7) is 3.60. The second kappa shape index (κ2) is 13.0. The number of methoxy groups -OCH3 is 2. The van der Waals surface area contributed by atoms with Crippen LogP contribution in [0.25, 0.3) is 11.0 Å². The fourth-order valence-electron chi connectivity index (χ4n) is 5.72. The summed E-state index contributed by atoms with van der Waals surface area (Å²) in [4.78, 5) is 48.5. The van der Waals surface area contributed by atoms with Crippen LogP contribution in [0.2, 0.25) is 0 Å². The van der Waals surface area contributed by atoms with Gasteiger partial charge >= 0.3 is 11.9 Å². The average Bonchev–Trinajstić information content (AvgIpc) is 3.53. The van der Waals surface area contributed by atoms with Crippen molar-refractivity contribution < 1.29 is 38.9 Å². The van der Waals surface area contributed by atoms with Crippen LogP contribution in [0.15, 0.2) is 85.2 Å². The Morgan fingerprint density at radius 2 is 0.979 bits per heavy atom. The highest BCUT2D eigenvalue weighted by Crippen LogP contribution is 2.33. The fourth-order valence-corrected chi connectivity index (χ4v) is 5.72. The molecule has 0 unspecified atom stereocenters. The quantitative estimate of drug-likeness (QED) is 0.121. The van der Waals surface area contributed by atoms with E-state index in [0.717, 1.165) is 11.0 Å². The number of nitrogen functional groups attached to an aromatic ring is 2. The molecule has 0 amide bonds. The summed E-state index contributed by atoms with van der Waals surface area (Å²) in [5, 5.41) is 18.4. The molecule has 0 saturated heterocycles. The number of nitrogens with two attached hydrogens (primary N) is 2. The number of benzene rings is 2. The van der Waals surface area contributed by atoms with Gasteiger partial charge in [0.05, 0.1) is 36.4 Å². The van der Waals surface area contributed by atoms with E-state index in [9.17, 15) is 29.4 Å². The molecule has 6 rings (SSSR count). The van der Waals surface area contributed by atoms with Gasteiger partial charge in [0.15, 0.2) is 0 Å². The van der Waals surface area contributed by atoms with Gasteiger partial charge in [-0.05, 0) is 74.5 Å². The van der Waals surface area contributed by atoms with Gasteiger partial charge in [-0.3, -0.25) is 9.59 Å². The van der Waals surface area contributed by atoms with E-state index < -0.39 is 11.9 Å². The third kappa shape index (κ3) is 5.66. The van der Waals surface area contributed by atoms with Gasteiger partial charge in [-0.15, -0.1) is 0 Å². The molecule has 0 radical (unpaired) electrons. The predicted octanol–water partition coefficient (Wildman–Crippen LogP) is 5.54. The van der Waals surface area contributed by atoms with Crippen LogP contribution in [0.3, 0.4) is 0 Å². The van der Waals surface area contributed by atoms with E-state index in [1.165, 1.54) is 36.4 Å². The first kappa shape index (κ1) is 32.8. The van der Waals surface area contributed by atoms with E-state index in [1.807, 2.05) is 36.4 Å². The Bertz CT molecular complexity index is 2100. The van der Waals surface area contributed by atoms with Crippen molar-refractivity contribution >= 4 is 45.9 Å². The van der Waals surface area contributed by atoms with Gasteiger partial charge in [-0.1, -0.05) is 12.1 Å². The summed E-state index contributed by atoms with van der Waals surface area (Å²) in [5.41, 5.74) is 15.7. The monoisotopic (exact) mass is 648 g/mol. The van der Waals surface area contributed by atoms with E-state index in [2.05, 4.69) is 0 Å². The summed E-state index contributed by atoms with van der Waals surface area (Å²) < 4.78 is 14.3. The Morgan fingerprint density at radius 1 is 0.604 bits per heavy atom. The number of ether oxygens (including phenoxy) is 2. The van der Waals surface area contributed by atoms with Crippen LogP contribution in [-0.4, -0.2) is 56.7 Å². The number of hydrogen-bond donors (Lipinski definition) is 4. The first-order valence-corrected chi connectivity index (χ1v) is 14.5. The lowest BCUT2D eigenvalue weighted by molar-refractivity contribution is 0.0687. The van der Waals surface area contributed by atoms with Crippen LogP contribution in [0.4, 0.5) is 11.4 Å². The molecular formula is C36H32N4O8. The Kier molecular flexibility index (Phi) is 8.92. The number of aromatic carboxylic acids is 2. The second-order valence-corrected chi connectivity index (χ2v) is 10.8. The van der Waals surface area contributed by atoms with E-state index >= 15 is 0 Å². The minimum Gasteiger partial charge on any atom is -0.494 e. The smallest absolute Gasteiger partial charge is 0.337 e. The van der Waals surface area contributed by atoms with Crippen molar-refractivity contribution in [2.24, 2.45) is 0 Å². The zero-order chi connectivity index (χ0) is 34.9. The molecule has 12 heteroatoms. The van der Waals surface area contributed by atoms with Crippen LogP contribution >= 0.6 is 0 Å². The van der Waals surface area contributed by atoms with Crippen LogP contribution in [0.1, 0.15) is 63.9 Å². The Morgan fingerprint density at radius 3 is 1.31 bits per heavy atom. The predicted molar refractivity (Wildman–Crippen MR) is 180 cm³/mol. The summed E-state index contributed by atoms with van der Waals surface area (Å²) in [6, 6.07) is 19.6. The molecule has 4 heterocycles. The lowest BCUT2D eigenvalue weighted by atomic mass is 10.0. The Labute approximate surface area is 274 Å². The van der Waals surface area contributed by atoms with E-state index in [1.54, 1.807) is 49.3 Å². The first-order valence-electron chi connectivity index (χ1n) is 14.5. The largest absolute Gasteiger partial charge is 0.494 e. The molecule has 12 nitrogen and oxygen atoms in total. The number of pyridine rings is 2. The molecule has 0 fully saturated rings. The van der Waals surface area contributed by atoms with E-state index in [4.69, 9.17) is 20.9 Å². The molecule has 2 aromatic carbocycles. The molecule has 4 aromatic heterocycles. The third-order valence-corrected chi connectivity index (χ3v) is 7.99. The van der Waals surface area contributed by atoms with E-state index in [-0.39, 0.29) is 45.2 Å². The SMILES string of the molecule is COc1c(C)c(C(=O)c2ccc(N)c(C(=O)O)c2)n2ccccc12.COc1c(C)c(C(=O)c2ccc(N)c(C(=O)O)c2)n2ccccc12. The minimum atomic E-state index is -1.17. The van der Waals surface area contributed by atoms with Crippen molar-refractivity contribution in [3.63, 3.8) is 0 Å². The van der Waals surface area contributed by atoms with Crippen LogP contribution in [0.5, 0.6) is 11.5 Å². The molecule has 0 saturated carbocycles. The number of rotatable bonds is 8. The normalized spacial score (nSPS) is 10.8. The lowest BCUT2D eigenvalue weighted by Crippen LogP contribution is -2.10. The summed E-state index contributed by atoms with van der Waals surface area (Å²) in [5.74, 6) is -1.69. The van der Waals surface area contributed by atoms with Gasteiger partial charge in [0, 0.05) is 46.0 Å². The van der Waals surface area contributed by atoms with Gasteiger partial charge in [0.1, 0.15) is 22.9 Å². The Balaban J connectivity index is 0.000000188. The highest BCUT2D eigenvalue weighted by atomic mass is 16.5. The number of fused-ring (bicyclic) bond motifs is 2. The lowest BCUT2D eigenvalue weighted by Gasteiger charge is -2.06. The van der Waals surface area contributed by atoms with Gasteiger partial charge in [0.2, 0.25) is 11.6 Å². The van der Waals surface area contributed by atoms with Gasteiger partial charge < -0.3 is 40.0 Å². The van der Waals surface area contributed by atoms with Crippen LogP contribution in [-0.2, 0) is 0 Å². The molecular weight excluding hydrogens is 616 g/mol. The zero-order valence-electron chi connectivity index (χ0n) is 26.5. The number of anilines is 2. The van der Waals surface area contributed by atoms with Gasteiger partial charge in [0.25, 0.3) is 0 Å². The summed E-state index contributed by atoms with van der Waals surface area (Å²) in [6.07, 6.45) is 3.54. The molecule has 0 aliphatic rings. The maximum absolute atomic E-state index is 13.0. The number of carboxylic acids is 2. The van der Waals surface area contributed by atoms with Crippen molar-refractivity contribution in [1.82, 2.24) is 8.80 Å². The Hall–Kier alpha value is -6.56. The summed E-state index contributed by atoms with van der Waals surface area (Å²) >= 11 is 0. The second-order valence-electron chi connectivity index (χ2n) is 10.8. The number of nitrogens with zero attached hydrogens (tertiary/aromatic N) is 2. The van der Waals surface area contributed by atoms with Gasteiger partial charge in [-0.2, -0.15) is 0 Å². The third-order valence-electron chi connectivity index (χ3n) is 7.99. The van der Waals surface area contributed by atoms with Crippen molar-refractivity contribution in [2.45, 2.75) is 13.8 Å². The highest BCUT2D eigenvalue weighted by Gasteiger charge is 2.25. The van der Waals surface area contributed by atoms with Crippen molar-refractivity contribution in [2.75, 3.05) is 25.7 Å². The number of ketones is 2. The molecule has 0 atom stereocenters. The molecule has 48 heavy (non-hydrogen) atoms. The fraction of sp³-hybridized carbons (Fsp3) is 0.111. The topological polar surface area (TPSA) is 188 Å². The molecule has 244 valence electrons. The van der Waals surface area contributed by atoms with Crippen LogP contribution < -0.4 is 20.9 Å². The average molecular weight is 649 g/mol.